The number of amides is 1. The standard InChI is InChI=1S/C25H33FN4O3S/c26-17-14-21-22(27-15-17)29(20-10-12-34-13-11-20)25(33)30(24(21)32)19-8-6-18(7-9-19)28-23(31)16-4-2-1-3-5-16/h14-16,18-20H,1-13H2,(H,28,31)/t18-,19+. The fraction of sp³-hybridized carbons (Fsp3) is 0.680. The number of aromatic nitrogens is 3. The molecule has 0 bridgehead atoms. The van der Waals surface area contributed by atoms with Gasteiger partial charge in [0.05, 0.1) is 11.6 Å². The second kappa shape index (κ2) is 10.2. The molecule has 7 nitrogen and oxygen atoms in total. The number of pyridine rings is 1. The maximum Gasteiger partial charge on any atom is 0.333 e. The van der Waals surface area contributed by atoms with Crippen molar-refractivity contribution in [1.82, 2.24) is 19.4 Å². The number of carbonyl (C=O) groups excluding carboxylic acids is 1. The van der Waals surface area contributed by atoms with Crippen LogP contribution in [0, 0.1) is 11.7 Å². The van der Waals surface area contributed by atoms with Gasteiger partial charge in [-0.1, -0.05) is 19.3 Å². The Morgan fingerprint density at radius 1 is 0.941 bits per heavy atom. The van der Waals surface area contributed by atoms with Crippen LogP contribution in [0.5, 0.6) is 0 Å². The molecule has 0 atom stereocenters. The van der Waals surface area contributed by atoms with Gasteiger partial charge in [0.15, 0.2) is 0 Å². The third kappa shape index (κ3) is 4.68. The fourth-order valence-electron chi connectivity index (χ4n) is 5.96. The number of thioether (sulfide) groups is 1. The van der Waals surface area contributed by atoms with Crippen LogP contribution in [0.25, 0.3) is 11.0 Å². The first-order chi connectivity index (χ1) is 16.5. The number of rotatable bonds is 4. The summed E-state index contributed by atoms with van der Waals surface area (Å²) in [5.41, 5.74) is -0.496. The minimum atomic E-state index is -0.574. The second-order valence-electron chi connectivity index (χ2n) is 10.0. The van der Waals surface area contributed by atoms with Crippen molar-refractivity contribution >= 4 is 28.7 Å². The molecule has 2 saturated carbocycles. The second-order valence-corrected chi connectivity index (χ2v) is 11.3. The molecule has 2 aromatic heterocycles. The number of fused-ring (bicyclic) bond motifs is 1. The Bertz CT molecular complexity index is 1160. The molecule has 1 aliphatic heterocycles. The Morgan fingerprint density at radius 2 is 1.62 bits per heavy atom. The van der Waals surface area contributed by atoms with Gasteiger partial charge in [-0.15, -0.1) is 0 Å². The van der Waals surface area contributed by atoms with E-state index in [9.17, 15) is 18.8 Å². The van der Waals surface area contributed by atoms with Crippen LogP contribution in [-0.4, -0.2) is 37.6 Å². The van der Waals surface area contributed by atoms with Gasteiger partial charge in [-0.3, -0.25) is 18.7 Å². The molecule has 0 spiro atoms. The van der Waals surface area contributed by atoms with Crippen molar-refractivity contribution in [3.8, 4) is 0 Å². The van der Waals surface area contributed by atoms with E-state index in [4.69, 9.17) is 0 Å². The van der Waals surface area contributed by atoms with E-state index in [1.807, 2.05) is 11.8 Å². The number of nitrogens with zero attached hydrogens (tertiary/aromatic N) is 3. The predicted octanol–water partition coefficient (Wildman–Crippen LogP) is 3.95. The van der Waals surface area contributed by atoms with Crippen molar-refractivity contribution in [3.63, 3.8) is 0 Å². The van der Waals surface area contributed by atoms with E-state index in [-0.39, 0.29) is 46.7 Å². The highest BCUT2D eigenvalue weighted by molar-refractivity contribution is 7.99. The smallest absolute Gasteiger partial charge is 0.333 e. The Labute approximate surface area is 202 Å². The molecule has 1 saturated heterocycles. The highest BCUT2D eigenvalue weighted by Gasteiger charge is 2.31. The highest BCUT2D eigenvalue weighted by Crippen LogP contribution is 2.31. The molecule has 1 amide bonds. The van der Waals surface area contributed by atoms with E-state index in [1.54, 1.807) is 4.57 Å². The zero-order valence-electron chi connectivity index (χ0n) is 19.5. The average Bonchev–Trinajstić information content (AvgIpc) is 2.87. The van der Waals surface area contributed by atoms with E-state index < -0.39 is 11.4 Å². The van der Waals surface area contributed by atoms with Crippen molar-refractivity contribution in [2.75, 3.05) is 11.5 Å². The molecule has 34 heavy (non-hydrogen) atoms. The summed E-state index contributed by atoms with van der Waals surface area (Å²) in [6, 6.07) is 1.01. The van der Waals surface area contributed by atoms with Crippen LogP contribution in [0.1, 0.15) is 82.7 Å². The summed E-state index contributed by atoms with van der Waals surface area (Å²) in [5.74, 6) is 1.60. The Balaban J connectivity index is 1.40. The molecule has 1 N–H and O–H groups in total. The van der Waals surface area contributed by atoms with Gasteiger partial charge in [0.25, 0.3) is 5.56 Å². The zero-order valence-corrected chi connectivity index (χ0v) is 20.3. The predicted molar refractivity (Wildman–Crippen MR) is 132 cm³/mol. The van der Waals surface area contributed by atoms with E-state index in [2.05, 4.69) is 10.3 Å². The van der Waals surface area contributed by atoms with Crippen molar-refractivity contribution < 1.29 is 9.18 Å². The van der Waals surface area contributed by atoms with Crippen LogP contribution in [0.2, 0.25) is 0 Å². The minimum Gasteiger partial charge on any atom is -0.353 e. The number of halogens is 1. The van der Waals surface area contributed by atoms with Crippen molar-refractivity contribution in [2.45, 2.75) is 88.8 Å². The summed E-state index contributed by atoms with van der Waals surface area (Å²) in [5, 5.41) is 3.39. The van der Waals surface area contributed by atoms with Gasteiger partial charge in [0, 0.05) is 24.0 Å². The lowest BCUT2D eigenvalue weighted by atomic mass is 9.87. The van der Waals surface area contributed by atoms with Gasteiger partial charge in [-0.05, 0) is 68.9 Å². The first-order valence-corrected chi connectivity index (χ1v) is 13.9. The van der Waals surface area contributed by atoms with E-state index in [0.29, 0.717) is 12.8 Å². The van der Waals surface area contributed by atoms with Crippen LogP contribution >= 0.6 is 11.8 Å². The van der Waals surface area contributed by atoms with Gasteiger partial charge in [0.1, 0.15) is 11.5 Å². The number of carbonyl (C=O) groups is 1. The lowest BCUT2D eigenvalue weighted by Crippen LogP contribution is -2.47. The molecule has 2 aliphatic carbocycles. The molecule has 0 aromatic carbocycles. The van der Waals surface area contributed by atoms with Crippen molar-refractivity contribution in [2.24, 2.45) is 5.92 Å². The monoisotopic (exact) mass is 488 g/mol. The summed E-state index contributed by atoms with van der Waals surface area (Å²) in [7, 11) is 0. The Kier molecular flexibility index (Phi) is 7.09. The van der Waals surface area contributed by atoms with Gasteiger partial charge in [-0.2, -0.15) is 11.8 Å². The molecule has 2 aromatic rings. The molecule has 0 radical (unpaired) electrons. The lowest BCUT2D eigenvalue weighted by Gasteiger charge is -2.32. The minimum absolute atomic E-state index is 0.0350. The van der Waals surface area contributed by atoms with Crippen LogP contribution in [0.4, 0.5) is 4.39 Å². The summed E-state index contributed by atoms with van der Waals surface area (Å²) >= 11 is 1.86. The van der Waals surface area contributed by atoms with Crippen LogP contribution in [0.15, 0.2) is 21.9 Å². The number of hydrogen-bond donors (Lipinski definition) is 1. The van der Waals surface area contributed by atoms with Gasteiger partial charge < -0.3 is 5.32 Å². The van der Waals surface area contributed by atoms with Crippen LogP contribution in [0.3, 0.4) is 0 Å². The van der Waals surface area contributed by atoms with Gasteiger partial charge >= 0.3 is 5.69 Å². The first kappa shape index (κ1) is 23.6. The van der Waals surface area contributed by atoms with Gasteiger partial charge in [-0.25, -0.2) is 14.2 Å². The summed E-state index contributed by atoms with van der Waals surface area (Å²) in [6.07, 6.45) is 10.9. The quantitative estimate of drug-likeness (QED) is 0.704. The van der Waals surface area contributed by atoms with Crippen LogP contribution < -0.4 is 16.6 Å². The number of nitrogens with one attached hydrogen (secondary N) is 1. The topological polar surface area (TPSA) is 86.0 Å². The first-order valence-electron chi connectivity index (χ1n) is 12.7. The third-order valence-corrected chi connectivity index (χ3v) is 8.91. The molecular weight excluding hydrogens is 455 g/mol. The number of hydrogen-bond acceptors (Lipinski definition) is 5. The fourth-order valence-corrected chi connectivity index (χ4v) is 7.04. The van der Waals surface area contributed by atoms with Crippen molar-refractivity contribution in [1.29, 1.82) is 0 Å². The summed E-state index contributed by atoms with van der Waals surface area (Å²) < 4.78 is 17.0. The van der Waals surface area contributed by atoms with Crippen molar-refractivity contribution in [3.05, 3.63) is 38.9 Å². The SMILES string of the molecule is O=C(N[C@H]1CC[C@@H](n2c(=O)c3cc(F)cnc3n(C3CCSCC3)c2=O)CC1)C1CCCCC1. The molecule has 184 valence electrons. The van der Waals surface area contributed by atoms with E-state index in [0.717, 1.165) is 69.1 Å². The normalized spacial score (nSPS) is 24.9. The van der Waals surface area contributed by atoms with Crippen LogP contribution in [-0.2, 0) is 4.79 Å². The third-order valence-electron chi connectivity index (χ3n) is 7.86. The largest absolute Gasteiger partial charge is 0.353 e. The Morgan fingerprint density at radius 3 is 2.32 bits per heavy atom. The Hall–Kier alpha value is -2.16. The molecule has 9 heteroatoms. The molecule has 3 aliphatic rings. The summed E-state index contributed by atoms with van der Waals surface area (Å²) in [6.45, 7) is 0. The summed E-state index contributed by atoms with van der Waals surface area (Å²) in [4.78, 5) is 43.9. The zero-order chi connectivity index (χ0) is 23.7. The molecule has 0 unspecified atom stereocenters. The molecule has 5 rings (SSSR count). The van der Waals surface area contributed by atoms with Gasteiger partial charge in [0.2, 0.25) is 5.91 Å². The maximum absolute atomic E-state index is 14.0. The molecule has 3 fully saturated rings. The molecule has 3 heterocycles. The molecular formula is C25H33FN4O3S. The highest BCUT2D eigenvalue weighted by atomic mass is 32.2. The maximum atomic E-state index is 14.0. The average molecular weight is 489 g/mol. The van der Waals surface area contributed by atoms with E-state index in [1.165, 1.54) is 17.1 Å². The lowest BCUT2D eigenvalue weighted by molar-refractivity contribution is -0.126. The van der Waals surface area contributed by atoms with E-state index >= 15 is 0 Å².